The van der Waals surface area contributed by atoms with Gasteiger partial charge in [-0.15, -0.1) is 0 Å². The maximum absolute atomic E-state index is 13.8. The Kier molecular flexibility index (Phi) is 50.1. The molecule has 1 aromatic heterocycles. The molecule has 3 atom stereocenters. The topological polar surface area (TPSA) is 557 Å². The zero-order valence-electron chi connectivity index (χ0n) is 76.5. The quantitative estimate of drug-likeness (QED) is 0.0224. The molecule has 43 nitrogen and oxygen atoms in total. The number of aliphatic imine (C=N–C) groups is 1. The van der Waals surface area contributed by atoms with Gasteiger partial charge in [0.2, 0.25) is 41.4 Å². The zero-order valence-corrected chi connectivity index (χ0v) is 76.5. The van der Waals surface area contributed by atoms with Crippen LogP contribution in [0.3, 0.4) is 0 Å². The number of amides is 12. The van der Waals surface area contributed by atoms with Crippen molar-refractivity contribution >= 4 is 118 Å². The molecule has 4 heterocycles. The molecule has 0 unspecified atom stereocenters. The van der Waals surface area contributed by atoms with E-state index in [0.29, 0.717) is 184 Å². The Morgan fingerprint density at radius 3 is 1.60 bits per heavy atom. The van der Waals surface area contributed by atoms with E-state index in [2.05, 4.69) is 52.5 Å². The predicted octanol–water partition coefficient (Wildman–Crippen LogP) is 2.95. The van der Waals surface area contributed by atoms with Crippen molar-refractivity contribution in [2.75, 3.05) is 213 Å². The van der Waals surface area contributed by atoms with Gasteiger partial charge in [0.05, 0.1) is 201 Å². The zero-order chi connectivity index (χ0) is 96.8. The first-order chi connectivity index (χ1) is 64.7. The van der Waals surface area contributed by atoms with Gasteiger partial charge < -0.3 is 130 Å². The third-order valence-electron chi connectivity index (χ3n) is 20.0. The summed E-state index contributed by atoms with van der Waals surface area (Å²) in [5, 5.41) is 38.6. The van der Waals surface area contributed by atoms with Gasteiger partial charge in [-0.3, -0.25) is 62.5 Å². The number of carbonyl (C=O) groups is 14. The molecule has 4 aromatic rings. The van der Waals surface area contributed by atoms with E-state index < -0.39 is 114 Å². The standard InChI is InChI=1S/C91H126N14O29/c1-6-25-103(26-7-2)89(118)66-52-64-8-9-65(54-75(64)100-76(92)55-66)86(115)99-69-53-67-60-104(27-22-73(67)94-57-69)91(121)134-71-15-12-68(13-16-71)98-85(114)62(5)97-88(117)84(61(3)4)102-77(106)18-11-63-10-14-70(105-81(110)19-20-82(105)111)56-72(63)87(116)96-59-80(109)95-58-79(108)93-24-29-123-31-33-125-35-37-127-39-41-129-43-45-131-47-49-133-51-50-132-48-46-130-44-42-128-40-38-126-36-34-124-32-30-122-28-23-78(107)101-74(90(119)120)17-21-83(112)113/h8-10,12-16,19-20,52-54,56-57,61-62,74,84H,6-7,11,17-18,21-51,55,58-60H2,1-5H3,(H2,92,100)(H,93,108)(H,95,109)(H,96,116)(H,97,117)(H,98,114)(H,99,115)(H,101,107)(H,102,106)(H,112,113)(H,119,120)/t62-,74-,84-/m0/s1. The van der Waals surface area contributed by atoms with Crippen molar-refractivity contribution in [3.8, 4) is 5.75 Å². The molecule has 134 heavy (non-hydrogen) atoms. The molecule has 43 heteroatoms. The number of nitrogens with two attached hydrogens (primary N) is 1. The summed E-state index contributed by atoms with van der Waals surface area (Å²) in [6.07, 6.45) is 5.98. The summed E-state index contributed by atoms with van der Waals surface area (Å²) in [5.41, 5.74) is 10.6. The van der Waals surface area contributed by atoms with Crippen LogP contribution in [0.1, 0.15) is 123 Å². The summed E-state index contributed by atoms with van der Waals surface area (Å²) >= 11 is 0. The number of amidine groups is 1. The highest BCUT2D eigenvalue weighted by Gasteiger charge is 2.32. The number of nitrogens with zero attached hydrogens (tertiary/aromatic N) is 5. The van der Waals surface area contributed by atoms with E-state index in [1.165, 1.54) is 54.3 Å². The minimum Gasteiger partial charge on any atom is -0.481 e. The number of anilines is 3. The van der Waals surface area contributed by atoms with Gasteiger partial charge in [-0.05, 0) is 110 Å². The number of rotatable bonds is 67. The second kappa shape index (κ2) is 61.6. The number of aliphatic carboxylic acids is 2. The van der Waals surface area contributed by atoms with Gasteiger partial charge >= 0.3 is 18.0 Å². The maximum Gasteiger partial charge on any atom is 0.415 e. The van der Waals surface area contributed by atoms with E-state index in [0.717, 1.165) is 35.6 Å². The van der Waals surface area contributed by atoms with Crippen LogP contribution in [-0.2, 0) is 129 Å². The number of nitrogens with one attached hydrogen (secondary N) is 8. The molecule has 0 spiro atoms. The van der Waals surface area contributed by atoms with Gasteiger partial charge in [0.15, 0.2) is 0 Å². The Labute approximate surface area is 776 Å². The van der Waals surface area contributed by atoms with Crippen molar-refractivity contribution in [3.05, 3.63) is 124 Å². The maximum atomic E-state index is 13.8. The van der Waals surface area contributed by atoms with E-state index in [9.17, 15) is 67.1 Å². The largest absolute Gasteiger partial charge is 0.481 e. The van der Waals surface area contributed by atoms with Crippen LogP contribution in [-0.4, -0.2) is 330 Å². The Morgan fingerprint density at radius 1 is 0.537 bits per heavy atom. The first-order valence-electron chi connectivity index (χ1n) is 44.6. The number of carboxylic acids is 2. The minimum absolute atomic E-state index is 0.0395. The molecule has 0 saturated heterocycles. The molecule has 0 bridgehead atoms. The lowest BCUT2D eigenvalue weighted by molar-refractivity contribution is -0.143. The van der Waals surface area contributed by atoms with Crippen molar-refractivity contribution in [2.45, 2.75) is 117 Å². The average molecular weight is 1880 g/mol. The third kappa shape index (κ3) is 41.1. The smallest absolute Gasteiger partial charge is 0.415 e. The number of ether oxygens (including phenoxy) is 13. The number of benzene rings is 3. The number of pyridine rings is 1. The Balaban J connectivity index is 0.673. The number of fused-ring (bicyclic) bond motifs is 2. The number of aryl methyl sites for hydroxylation is 1. The fourth-order valence-corrected chi connectivity index (χ4v) is 13.1. The van der Waals surface area contributed by atoms with E-state index in [1.54, 1.807) is 50.4 Å². The van der Waals surface area contributed by atoms with Crippen molar-refractivity contribution in [2.24, 2.45) is 16.6 Å². The van der Waals surface area contributed by atoms with Crippen molar-refractivity contribution in [3.63, 3.8) is 0 Å². The Bertz CT molecular complexity index is 4590. The van der Waals surface area contributed by atoms with Crippen LogP contribution in [0, 0.1) is 5.92 Å². The molecule has 3 aliphatic rings. The van der Waals surface area contributed by atoms with E-state index in [1.807, 2.05) is 18.7 Å². The molecule has 12 amide bonds. The van der Waals surface area contributed by atoms with Gasteiger partial charge in [-0.1, -0.05) is 39.8 Å². The van der Waals surface area contributed by atoms with Gasteiger partial charge in [-0.2, -0.15) is 0 Å². The van der Waals surface area contributed by atoms with Crippen LogP contribution < -0.4 is 57.9 Å². The molecule has 3 aliphatic heterocycles. The van der Waals surface area contributed by atoms with Crippen LogP contribution in [0.2, 0.25) is 0 Å². The molecule has 0 fully saturated rings. The number of carbonyl (C=O) groups excluding carboxylic acids is 12. The van der Waals surface area contributed by atoms with Crippen LogP contribution in [0.15, 0.2) is 95.6 Å². The first-order valence-corrected chi connectivity index (χ1v) is 44.6. The molecule has 0 saturated carbocycles. The van der Waals surface area contributed by atoms with Gasteiger partial charge in [0, 0.05) is 104 Å². The van der Waals surface area contributed by atoms with Crippen LogP contribution in [0.5, 0.6) is 5.75 Å². The van der Waals surface area contributed by atoms with Crippen molar-refractivity contribution < 1.29 is 139 Å². The summed E-state index contributed by atoms with van der Waals surface area (Å²) < 4.78 is 71.4. The van der Waals surface area contributed by atoms with Crippen molar-refractivity contribution in [1.82, 2.24) is 46.7 Å². The Morgan fingerprint density at radius 2 is 1.07 bits per heavy atom. The van der Waals surface area contributed by atoms with Crippen molar-refractivity contribution in [1.29, 1.82) is 0 Å². The van der Waals surface area contributed by atoms with E-state index >= 15 is 0 Å². The fraction of sp³-hybridized carbons (Fsp3) is 0.538. The summed E-state index contributed by atoms with van der Waals surface area (Å²) in [5.74, 6) is -8.88. The number of imide groups is 1. The normalized spacial score (nSPS) is 13.4. The van der Waals surface area contributed by atoms with Crippen LogP contribution in [0.4, 0.5) is 27.5 Å². The molecule has 0 aliphatic carbocycles. The van der Waals surface area contributed by atoms with E-state index in [4.69, 9.17) is 77.5 Å². The van der Waals surface area contributed by atoms with Gasteiger partial charge in [-0.25, -0.2) is 19.5 Å². The SMILES string of the molecule is CCCN(CCC)C(=O)C1=Cc2ccc(C(=O)Nc3cnc4c(c3)CN(C(=O)Oc3ccc(NC(=O)[C@H](C)NC(=O)[C@@H](NC(=O)CCc5ccc(N6C(=O)C=CC6=O)cc5C(=O)NCC(=O)NCC(=O)NCCOCCOCCOCCOCCOCCOCCOCCOCCOCCOCCOCCOCCC(=O)N[C@@H](CCC(=O)O)C(=O)O)C(C)C)cc3)CC4)cc2N=C(N)C1. The second-order valence-electron chi connectivity index (χ2n) is 30.9. The molecular weight excluding hydrogens is 1750 g/mol. The highest BCUT2D eigenvalue weighted by atomic mass is 16.6. The number of carboxylic acid groups (broad SMARTS) is 2. The molecule has 3 aromatic carbocycles. The second-order valence-corrected chi connectivity index (χ2v) is 30.9. The number of hydrogen-bond acceptors (Lipinski definition) is 30. The molecule has 734 valence electrons. The fourth-order valence-electron chi connectivity index (χ4n) is 13.1. The van der Waals surface area contributed by atoms with Crippen LogP contribution in [0.25, 0.3) is 6.08 Å². The summed E-state index contributed by atoms with van der Waals surface area (Å²) in [6.45, 7) is 17.6. The van der Waals surface area contributed by atoms with Gasteiger partial charge in [0.1, 0.15) is 29.7 Å². The lowest BCUT2D eigenvalue weighted by Crippen LogP contribution is -2.53. The highest BCUT2D eigenvalue weighted by Crippen LogP contribution is 2.31. The first kappa shape index (κ1) is 109. The third-order valence-corrected chi connectivity index (χ3v) is 20.0. The minimum atomic E-state index is -1.30. The summed E-state index contributed by atoms with van der Waals surface area (Å²) in [6, 6.07) is 13.3. The molecule has 12 N–H and O–H groups in total. The highest BCUT2D eigenvalue weighted by molar-refractivity contribution is 6.28. The lowest BCUT2D eigenvalue weighted by Gasteiger charge is -2.27. The predicted molar refractivity (Wildman–Crippen MR) is 485 cm³/mol. The van der Waals surface area contributed by atoms with E-state index in [-0.39, 0.29) is 126 Å². The molecule has 0 radical (unpaired) electrons. The lowest BCUT2D eigenvalue weighted by atomic mass is 9.99. The number of aromatic nitrogens is 1. The average Bonchev–Trinajstić information content (AvgIpc) is 1.67. The summed E-state index contributed by atoms with van der Waals surface area (Å²) in [4.78, 5) is 193. The monoisotopic (exact) mass is 1880 g/mol. The summed E-state index contributed by atoms with van der Waals surface area (Å²) in [7, 11) is 0. The molecular formula is C91H126N14O29. The van der Waals surface area contributed by atoms with Crippen LogP contribution >= 0.6 is 0 Å². The Hall–Kier alpha value is -12.1. The molecule has 7 rings (SSSR count). The number of hydrogen-bond donors (Lipinski definition) is 11. The van der Waals surface area contributed by atoms with Gasteiger partial charge in [0.25, 0.3) is 23.6 Å².